The summed E-state index contributed by atoms with van der Waals surface area (Å²) in [6.07, 6.45) is -2.83. The molecule has 9 nitrogen and oxygen atoms in total. The lowest BCUT2D eigenvalue weighted by Crippen LogP contribution is -2.62. The van der Waals surface area contributed by atoms with Gasteiger partial charge in [0.25, 0.3) is 0 Å². The monoisotopic (exact) mass is 325 g/mol. The third kappa shape index (κ3) is 2.12. The van der Waals surface area contributed by atoms with Crippen LogP contribution in [0.1, 0.15) is 11.5 Å². The normalized spacial score (nSPS) is 37.3. The minimum atomic E-state index is -2.70. The first-order valence-corrected chi connectivity index (χ1v) is 6.95. The molecule has 0 bridgehead atoms. The number of carbonyl (C=O) groups is 1. The Kier molecular flexibility index (Phi) is 3.60. The van der Waals surface area contributed by atoms with E-state index in [1.807, 2.05) is 0 Å². The number of carbonyl (C=O) groups excluding carboxylic acids is 1. The van der Waals surface area contributed by atoms with Gasteiger partial charge in [-0.3, -0.25) is 10.1 Å². The molecule has 3 rings (SSSR count). The maximum absolute atomic E-state index is 12.2. The summed E-state index contributed by atoms with van der Waals surface area (Å²) in [4.78, 5) is 22.5. The van der Waals surface area contributed by atoms with Crippen molar-refractivity contribution in [2.24, 2.45) is 0 Å². The van der Waals surface area contributed by atoms with Crippen LogP contribution in [0.5, 0.6) is 0 Å². The van der Waals surface area contributed by atoms with Gasteiger partial charge in [-0.15, -0.1) is 0 Å². The quantitative estimate of drug-likeness (QED) is 0.356. The van der Waals surface area contributed by atoms with E-state index in [-0.39, 0.29) is 12.2 Å². The Morgan fingerprint density at radius 3 is 2.61 bits per heavy atom. The molecule has 2 heterocycles. The Balaban J connectivity index is 2.10. The second-order valence-corrected chi connectivity index (χ2v) is 5.65. The number of nitro groups is 1. The molecule has 124 valence electrons. The number of benzene rings is 1. The molecule has 0 saturated carbocycles. The van der Waals surface area contributed by atoms with Crippen molar-refractivity contribution < 1.29 is 34.5 Å². The van der Waals surface area contributed by atoms with Gasteiger partial charge in [0.1, 0.15) is 6.10 Å². The average Bonchev–Trinajstić information content (AvgIpc) is 2.92. The third-order valence-corrected chi connectivity index (χ3v) is 4.34. The number of aliphatic hydroxyl groups excluding tert-OH is 1. The lowest BCUT2D eigenvalue weighted by atomic mass is 9.76. The van der Waals surface area contributed by atoms with Crippen LogP contribution in [0.25, 0.3) is 0 Å². The van der Waals surface area contributed by atoms with E-state index in [0.717, 1.165) is 0 Å². The molecule has 2 aliphatic rings. The molecule has 2 aliphatic heterocycles. The Hall–Kier alpha value is -2.07. The molecule has 9 heteroatoms. The van der Waals surface area contributed by atoms with E-state index >= 15 is 0 Å². The maximum Gasteiger partial charge on any atom is 0.345 e. The first kappa shape index (κ1) is 15.8. The van der Waals surface area contributed by atoms with Crippen molar-refractivity contribution in [2.75, 3.05) is 13.2 Å². The highest BCUT2D eigenvalue weighted by Crippen LogP contribution is 2.49. The van der Waals surface area contributed by atoms with Gasteiger partial charge in [-0.1, -0.05) is 30.3 Å². The zero-order valence-electron chi connectivity index (χ0n) is 11.9. The van der Waals surface area contributed by atoms with Gasteiger partial charge < -0.3 is 24.8 Å². The van der Waals surface area contributed by atoms with Crippen LogP contribution in [-0.2, 0) is 14.3 Å². The highest BCUT2D eigenvalue weighted by molar-refractivity contribution is 5.85. The first-order chi connectivity index (χ1) is 10.8. The molecular weight excluding hydrogens is 310 g/mol. The number of nitrogens with zero attached hydrogens (tertiary/aromatic N) is 1. The Labute approximate surface area is 130 Å². The number of rotatable bonds is 4. The molecule has 1 aromatic carbocycles. The van der Waals surface area contributed by atoms with E-state index < -0.39 is 47.0 Å². The van der Waals surface area contributed by atoms with E-state index in [1.54, 1.807) is 18.2 Å². The third-order valence-electron chi connectivity index (χ3n) is 4.34. The van der Waals surface area contributed by atoms with Crippen LogP contribution in [0.15, 0.2) is 30.3 Å². The predicted molar refractivity (Wildman–Crippen MR) is 72.8 cm³/mol. The van der Waals surface area contributed by atoms with Crippen molar-refractivity contribution in [1.82, 2.24) is 0 Å². The van der Waals surface area contributed by atoms with Crippen LogP contribution in [0, 0.1) is 10.1 Å². The number of hydrogen-bond acceptors (Lipinski definition) is 8. The molecule has 0 amide bonds. The molecular formula is C14H15NO8. The van der Waals surface area contributed by atoms with Crippen molar-refractivity contribution >= 4 is 5.97 Å². The summed E-state index contributed by atoms with van der Waals surface area (Å²) in [6.45, 7) is -1.19. The molecule has 5 atom stereocenters. The minimum absolute atomic E-state index is 0.266. The molecule has 0 spiro atoms. The average molecular weight is 325 g/mol. The molecule has 0 aromatic heterocycles. The summed E-state index contributed by atoms with van der Waals surface area (Å²) < 4.78 is 9.90. The lowest BCUT2D eigenvalue weighted by molar-refractivity contribution is -0.489. The molecule has 1 unspecified atom stereocenters. The van der Waals surface area contributed by atoms with Gasteiger partial charge in [0.2, 0.25) is 17.9 Å². The van der Waals surface area contributed by atoms with Crippen LogP contribution in [0.4, 0.5) is 0 Å². The molecule has 1 aromatic rings. The van der Waals surface area contributed by atoms with Crippen LogP contribution >= 0.6 is 0 Å². The lowest BCUT2D eigenvalue weighted by Gasteiger charge is -2.36. The number of ether oxygens (including phenoxy) is 2. The second-order valence-electron chi connectivity index (χ2n) is 5.65. The van der Waals surface area contributed by atoms with Gasteiger partial charge in [0.05, 0.1) is 12.5 Å². The summed E-state index contributed by atoms with van der Waals surface area (Å²) in [6, 6.07) is 7.80. The number of aliphatic hydroxyl groups is 3. The smallest absolute Gasteiger partial charge is 0.345 e. The fraction of sp³-hybridized carbons (Fsp3) is 0.500. The van der Waals surface area contributed by atoms with Crippen molar-refractivity contribution in [3.63, 3.8) is 0 Å². The largest absolute Gasteiger partial charge is 0.451 e. The van der Waals surface area contributed by atoms with Crippen LogP contribution < -0.4 is 0 Å². The van der Waals surface area contributed by atoms with Gasteiger partial charge in [-0.25, -0.2) is 4.79 Å². The van der Waals surface area contributed by atoms with Crippen molar-refractivity contribution in [3.05, 3.63) is 46.0 Å². The SMILES string of the molecule is O=C1O[C@@H]2[C@H](O)CO[C@]2(O)[C@@]1(O)C(C[N+](=O)[O-])c1ccccc1. The topological polar surface area (TPSA) is 139 Å². The van der Waals surface area contributed by atoms with Crippen LogP contribution in [-0.4, -0.2) is 63.0 Å². The van der Waals surface area contributed by atoms with Gasteiger partial charge in [0.15, 0.2) is 6.10 Å². The summed E-state index contributed by atoms with van der Waals surface area (Å²) in [7, 11) is 0. The van der Waals surface area contributed by atoms with E-state index in [4.69, 9.17) is 9.47 Å². The highest BCUT2D eigenvalue weighted by atomic mass is 16.7. The molecule has 23 heavy (non-hydrogen) atoms. The second kappa shape index (κ2) is 5.24. The Bertz CT molecular complexity index is 637. The summed E-state index contributed by atoms with van der Waals surface area (Å²) in [5, 5.41) is 42.3. The summed E-state index contributed by atoms with van der Waals surface area (Å²) in [5.41, 5.74) is -2.44. The van der Waals surface area contributed by atoms with Gasteiger partial charge in [-0.2, -0.15) is 0 Å². The maximum atomic E-state index is 12.2. The number of fused-ring (bicyclic) bond motifs is 1. The van der Waals surface area contributed by atoms with Gasteiger partial charge in [0, 0.05) is 4.92 Å². The summed E-state index contributed by atoms with van der Waals surface area (Å²) in [5.74, 6) is -5.23. The Morgan fingerprint density at radius 2 is 2.00 bits per heavy atom. The number of esters is 1. The predicted octanol–water partition coefficient (Wildman–Crippen LogP) is -1.22. The molecule has 2 fully saturated rings. The van der Waals surface area contributed by atoms with Crippen LogP contribution in [0.3, 0.4) is 0 Å². The Morgan fingerprint density at radius 1 is 1.35 bits per heavy atom. The zero-order chi connectivity index (χ0) is 16.8. The molecule has 0 aliphatic carbocycles. The fourth-order valence-electron chi connectivity index (χ4n) is 3.18. The van der Waals surface area contributed by atoms with E-state index in [2.05, 4.69) is 0 Å². The highest BCUT2D eigenvalue weighted by Gasteiger charge is 2.76. The minimum Gasteiger partial charge on any atom is -0.451 e. The van der Waals surface area contributed by atoms with Crippen molar-refractivity contribution in [3.8, 4) is 0 Å². The molecule has 0 radical (unpaired) electrons. The molecule has 2 saturated heterocycles. The van der Waals surface area contributed by atoms with E-state index in [1.165, 1.54) is 12.1 Å². The van der Waals surface area contributed by atoms with Gasteiger partial charge >= 0.3 is 5.97 Å². The molecule has 3 N–H and O–H groups in total. The van der Waals surface area contributed by atoms with Gasteiger partial charge in [-0.05, 0) is 5.56 Å². The van der Waals surface area contributed by atoms with E-state index in [9.17, 15) is 30.2 Å². The van der Waals surface area contributed by atoms with Crippen molar-refractivity contribution in [2.45, 2.75) is 29.5 Å². The van der Waals surface area contributed by atoms with Crippen molar-refractivity contribution in [1.29, 1.82) is 0 Å². The van der Waals surface area contributed by atoms with Crippen LogP contribution in [0.2, 0.25) is 0 Å². The zero-order valence-corrected chi connectivity index (χ0v) is 11.9. The standard InChI is InChI=1S/C14H15NO8/c16-10-7-22-14(19)11(10)23-12(17)13(14,18)9(6-15(20)21)8-4-2-1-3-5-8/h1-5,9-11,16,18-19H,6-7H2/t9?,10-,11-,13-,14+/m1/s1. The van der Waals surface area contributed by atoms with E-state index in [0.29, 0.717) is 0 Å². The fourth-order valence-corrected chi connectivity index (χ4v) is 3.18. The first-order valence-electron chi connectivity index (χ1n) is 6.95. The summed E-state index contributed by atoms with van der Waals surface area (Å²) >= 11 is 0. The number of hydrogen-bond donors (Lipinski definition) is 3.